The van der Waals surface area contributed by atoms with Crippen molar-refractivity contribution >= 4 is 17.8 Å². The lowest BCUT2D eigenvalue weighted by molar-refractivity contribution is -0.141. The second kappa shape index (κ2) is 3.28. The van der Waals surface area contributed by atoms with E-state index in [1.54, 1.807) is 0 Å². The van der Waals surface area contributed by atoms with Gasteiger partial charge in [-0.15, -0.1) is 0 Å². The van der Waals surface area contributed by atoms with Crippen molar-refractivity contribution in [2.24, 2.45) is 0 Å². The highest BCUT2D eigenvalue weighted by molar-refractivity contribution is 6.44. The highest BCUT2D eigenvalue weighted by Gasteiger charge is 2.48. The molecule has 3 aliphatic rings. The molecule has 2 unspecified atom stereocenters. The Morgan fingerprint density at radius 3 is 2.56 bits per heavy atom. The maximum Gasteiger partial charge on any atom is 0.331 e. The average molecular weight is 223 g/mol. The molecule has 16 heavy (non-hydrogen) atoms. The molecule has 0 aliphatic carbocycles. The fraction of sp³-hybridized carbons (Fsp3) is 0.700. The number of fused-ring (bicyclic) bond motifs is 1. The molecule has 3 saturated heterocycles. The van der Waals surface area contributed by atoms with Crippen molar-refractivity contribution in [1.82, 2.24) is 15.1 Å². The van der Waals surface area contributed by atoms with Crippen LogP contribution >= 0.6 is 0 Å². The van der Waals surface area contributed by atoms with Gasteiger partial charge in [0, 0.05) is 12.6 Å². The van der Waals surface area contributed by atoms with Gasteiger partial charge in [-0.05, 0) is 25.8 Å². The van der Waals surface area contributed by atoms with E-state index in [4.69, 9.17) is 0 Å². The molecule has 1 N–H and O–H groups in total. The third kappa shape index (κ3) is 1.19. The van der Waals surface area contributed by atoms with Crippen molar-refractivity contribution in [2.45, 2.75) is 31.3 Å². The third-order valence-electron chi connectivity index (χ3n) is 3.75. The molecular formula is C10H13N3O3. The summed E-state index contributed by atoms with van der Waals surface area (Å²) in [6.45, 7) is 1.96. The minimum Gasteiger partial charge on any atom is -0.298 e. The fourth-order valence-corrected chi connectivity index (χ4v) is 3.07. The standard InChI is InChI=1S/C10H13N3O3/c14-8-9(15)13(10(16)11-8)7-3-5-12-4-1-2-6(7)12/h6-7H,1-5H2,(H,11,14,16). The van der Waals surface area contributed by atoms with Crippen LogP contribution in [-0.2, 0) is 9.59 Å². The Kier molecular flexibility index (Phi) is 2.00. The number of urea groups is 1. The Hall–Kier alpha value is -1.43. The first-order chi connectivity index (χ1) is 7.68. The number of carbonyl (C=O) groups is 3. The van der Waals surface area contributed by atoms with Gasteiger partial charge < -0.3 is 0 Å². The summed E-state index contributed by atoms with van der Waals surface area (Å²) in [6.07, 6.45) is 2.91. The molecule has 3 rings (SSSR count). The van der Waals surface area contributed by atoms with Crippen molar-refractivity contribution in [3.05, 3.63) is 0 Å². The normalized spacial score (nSPS) is 34.8. The molecule has 0 saturated carbocycles. The quantitative estimate of drug-likeness (QED) is 0.471. The van der Waals surface area contributed by atoms with Crippen LogP contribution in [0.1, 0.15) is 19.3 Å². The van der Waals surface area contributed by atoms with Crippen molar-refractivity contribution in [2.75, 3.05) is 13.1 Å². The third-order valence-corrected chi connectivity index (χ3v) is 3.75. The lowest BCUT2D eigenvalue weighted by Crippen LogP contribution is -2.46. The minimum absolute atomic E-state index is 0.110. The Balaban J connectivity index is 1.85. The number of nitrogens with one attached hydrogen (secondary N) is 1. The van der Waals surface area contributed by atoms with Crippen LogP contribution in [0.5, 0.6) is 0 Å². The van der Waals surface area contributed by atoms with Crippen molar-refractivity contribution in [3.63, 3.8) is 0 Å². The van der Waals surface area contributed by atoms with E-state index < -0.39 is 17.8 Å². The van der Waals surface area contributed by atoms with Crippen LogP contribution in [0.15, 0.2) is 0 Å². The van der Waals surface area contributed by atoms with E-state index in [-0.39, 0.29) is 12.1 Å². The van der Waals surface area contributed by atoms with Crippen LogP contribution in [0.3, 0.4) is 0 Å². The summed E-state index contributed by atoms with van der Waals surface area (Å²) in [4.78, 5) is 37.6. The van der Waals surface area contributed by atoms with Gasteiger partial charge in [-0.3, -0.25) is 24.7 Å². The van der Waals surface area contributed by atoms with E-state index >= 15 is 0 Å². The number of nitrogens with zero attached hydrogens (tertiary/aromatic N) is 2. The van der Waals surface area contributed by atoms with Gasteiger partial charge in [0.25, 0.3) is 0 Å². The zero-order valence-corrected chi connectivity index (χ0v) is 8.81. The molecule has 3 fully saturated rings. The monoisotopic (exact) mass is 223 g/mol. The van der Waals surface area contributed by atoms with Gasteiger partial charge >= 0.3 is 17.8 Å². The molecule has 6 nitrogen and oxygen atoms in total. The fourth-order valence-electron chi connectivity index (χ4n) is 3.07. The van der Waals surface area contributed by atoms with E-state index in [0.717, 1.165) is 37.3 Å². The number of rotatable bonds is 1. The van der Waals surface area contributed by atoms with Gasteiger partial charge in [-0.25, -0.2) is 4.79 Å². The van der Waals surface area contributed by atoms with Crippen LogP contribution in [0, 0.1) is 0 Å². The first-order valence-electron chi connectivity index (χ1n) is 5.61. The van der Waals surface area contributed by atoms with Crippen LogP contribution in [0.25, 0.3) is 0 Å². The van der Waals surface area contributed by atoms with E-state index in [2.05, 4.69) is 10.2 Å². The number of carbonyl (C=O) groups excluding carboxylic acids is 3. The Bertz CT molecular complexity index is 382. The number of amides is 4. The van der Waals surface area contributed by atoms with Gasteiger partial charge in [-0.1, -0.05) is 0 Å². The predicted octanol–water partition coefficient (Wildman–Crippen LogP) is -0.698. The summed E-state index contributed by atoms with van der Waals surface area (Å²) in [6, 6.07) is -0.393. The summed E-state index contributed by atoms with van der Waals surface area (Å²) < 4.78 is 0. The number of hydrogen-bond donors (Lipinski definition) is 1. The molecule has 3 aliphatic heterocycles. The summed E-state index contributed by atoms with van der Waals surface area (Å²) >= 11 is 0. The molecule has 0 aromatic rings. The topological polar surface area (TPSA) is 69.7 Å². The predicted molar refractivity (Wildman–Crippen MR) is 53.4 cm³/mol. The second-order valence-electron chi connectivity index (χ2n) is 4.54. The molecule has 3 heterocycles. The largest absolute Gasteiger partial charge is 0.331 e. The molecule has 0 aromatic carbocycles. The molecule has 0 radical (unpaired) electrons. The number of hydrogen-bond acceptors (Lipinski definition) is 4. The van der Waals surface area contributed by atoms with Crippen molar-refractivity contribution in [3.8, 4) is 0 Å². The van der Waals surface area contributed by atoms with Crippen LogP contribution in [0.2, 0.25) is 0 Å². The highest BCUT2D eigenvalue weighted by atomic mass is 16.2. The average Bonchev–Trinajstić information content (AvgIpc) is 2.86. The smallest absolute Gasteiger partial charge is 0.298 e. The molecule has 86 valence electrons. The molecule has 2 atom stereocenters. The van der Waals surface area contributed by atoms with E-state index in [1.807, 2.05) is 0 Å². The summed E-state index contributed by atoms with van der Waals surface area (Å²) in [5.41, 5.74) is 0. The zero-order chi connectivity index (χ0) is 11.3. The maximum absolute atomic E-state index is 11.6. The second-order valence-corrected chi connectivity index (χ2v) is 4.54. The lowest BCUT2D eigenvalue weighted by atomic mass is 10.1. The van der Waals surface area contributed by atoms with Gasteiger partial charge in [0.1, 0.15) is 0 Å². The first-order valence-corrected chi connectivity index (χ1v) is 5.61. The van der Waals surface area contributed by atoms with Crippen molar-refractivity contribution in [1.29, 1.82) is 0 Å². The molecule has 0 bridgehead atoms. The van der Waals surface area contributed by atoms with E-state index in [9.17, 15) is 14.4 Å². The molecule has 4 amide bonds. The minimum atomic E-state index is -0.790. The van der Waals surface area contributed by atoms with E-state index in [0.29, 0.717) is 0 Å². The van der Waals surface area contributed by atoms with E-state index in [1.165, 1.54) is 0 Å². The first kappa shape index (κ1) is 9.77. The van der Waals surface area contributed by atoms with Gasteiger partial charge in [-0.2, -0.15) is 0 Å². The van der Waals surface area contributed by atoms with Crippen LogP contribution in [-0.4, -0.2) is 52.8 Å². The molecular weight excluding hydrogens is 210 g/mol. The number of imide groups is 2. The lowest BCUT2D eigenvalue weighted by Gasteiger charge is -2.25. The van der Waals surface area contributed by atoms with Crippen LogP contribution in [0.4, 0.5) is 4.79 Å². The van der Waals surface area contributed by atoms with Gasteiger partial charge in [0.05, 0.1) is 6.04 Å². The van der Waals surface area contributed by atoms with Gasteiger partial charge in [0.15, 0.2) is 0 Å². The Morgan fingerprint density at radius 2 is 1.88 bits per heavy atom. The summed E-state index contributed by atoms with van der Waals surface area (Å²) in [5.74, 6) is -1.48. The highest BCUT2D eigenvalue weighted by Crippen LogP contribution is 2.32. The Morgan fingerprint density at radius 1 is 1.06 bits per heavy atom. The molecule has 6 heteroatoms. The van der Waals surface area contributed by atoms with Gasteiger partial charge in [0.2, 0.25) is 0 Å². The van der Waals surface area contributed by atoms with Crippen molar-refractivity contribution < 1.29 is 14.4 Å². The maximum atomic E-state index is 11.6. The summed E-state index contributed by atoms with van der Waals surface area (Å²) in [5, 5.41) is 2.05. The Labute approximate surface area is 92.6 Å². The zero-order valence-electron chi connectivity index (χ0n) is 8.81. The molecule has 0 aromatic heterocycles. The summed E-state index contributed by atoms with van der Waals surface area (Å²) in [7, 11) is 0. The SMILES string of the molecule is O=C1NC(=O)N(C2CCN3CCCC23)C1=O. The molecule has 0 spiro atoms. The van der Waals surface area contributed by atoms with Crippen LogP contribution < -0.4 is 5.32 Å².